The van der Waals surface area contributed by atoms with Crippen molar-refractivity contribution in [2.75, 3.05) is 74.1 Å². The molecule has 2 aromatic carbocycles. The van der Waals surface area contributed by atoms with Gasteiger partial charge in [0.1, 0.15) is 12.5 Å². The van der Waals surface area contributed by atoms with Crippen LogP contribution in [0.1, 0.15) is 74.5 Å². The molecule has 3 aliphatic carbocycles. The van der Waals surface area contributed by atoms with Gasteiger partial charge in [0.2, 0.25) is 0 Å². The second-order valence-corrected chi connectivity index (χ2v) is 13.7. The fraction of sp³-hybridized carbons (Fsp3) is 0.692. The molecular weight excluding hydrogens is 596 g/mol. The third-order valence-electron chi connectivity index (χ3n) is 10.9. The van der Waals surface area contributed by atoms with Crippen LogP contribution in [0.4, 0.5) is 0 Å². The van der Waals surface area contributed by atoms with Crippen molar-refractivity contribution in [1.82, 2.24) is 0 Å². The van der Waals surface area contributed by atoms with Crippen LogP contribution >= 0.6 is 0 Å². The van der Waals surface area contributed by atoms with E-state index in [0.29, 0.717) is 82.8 Å². The molecule has 0 saturated heterocycles. The Hall–Kier alpha value is -2.04. The average Bonchev–Trinajstić information content (AvgIpc) is 3.43. The van der Waals surface area contributed by atoms with E-state index in [2.05, 4.69) is 37.3 Å². The van der Waals surface area contributed by atoms with E-state index < -0.39 is 0 Å². The molecule has 6 atom stereocenters. The van der Waals surface area contributed by atoms with Crippen LogP contribution in [0.15, 0.2) is 48.5 Å². The molecule has 0 aromatic heterocycles. The van der Waals surface area contributed by atoms with Crippen molar-refractivity contribution in [3.05, 3.63) is 65.2 Å². The van der Waals surface area contributed by atoms with Gasteiger partial charge in [0.15, 0.2) is 6.79 Å². The lowest BCUT2D eigenvalue weighted by molar-refractivity contribution is -0.128. The highest BCUT2D eigenvalue weighted by Crippen LogP contribution is 2.63. The summed E-state index contributed by atoms with van der Waals surface area (Å²) in [5.74, 6) is 3.55. The highest BCUT2D eigenvalue weighted by atomic mass is 16.7. The molecule has 3 aliphatic rings. The van der Waals surface area contributed by atoms with Crippen molar-refractivity contribution in [2.45, 2.75) is 76.9 Å². The average molecular weight is 655 g/mol. The first kappa shape index (κ1) is 36.2. The van der Waals surface area contributed by atoms with Gasteiger partial charge in [0.05, 0.1) is 52.4 Å². The van der Waals surface area contributed by atoms with Gasteiger partial charge in [-0.1, -0.05) is 49.7 Å². The molecule has 5 rings (SSSR count). The molecule has 0 N–H and O–H groups in total. The summed E-state index contributed by atoms with van der Waals surface area (Å²) in [6.07, 6.45) is 9.73. The van der Waals surface area contributed by atoms with Crippen molar-refractivity contribution in [3.8, 4) is 5.75 Å². The molecule has 262 valence electrons. The number of unbranched alkanes of at least 4 members (excludes halogenated alkanes) is 1. The highest BCUT2D eigenvalue weighted by molar-refractivity contribution is 5.41. The zero-order chi connectivity index (χ0) is 32.7. The third-order valence-corrected chi connectivity index (χ3v) is 10.9. The molecule has 0 aliphatic heterocycles. The van der Waals surface area contributed by atoms with E-state index in [4.69, 9.17) is 37.9 Å². The lowest BCUT2D eigenvalue weighted by Crippen LogP contribution is -2.47. The number of methoxy groups -OCH3 is 2. The number of hydrogen-bond acceptors (Lipinski definition) is 8. The first-order valence-electron chi connectivity index (χ1n) is 17.8. The van der Waals surface area contributed by atoms with E-state index in [0.717, 1.165) is 31.6 Å². The lowest BCUT2D eigenvalue weighted by Gasteiger charge is -2.53. The monoisotopic (exact) mass is 654 g/mol. The van der Waals surface area contributed by atoms with E-state index >= 15 is 0 Å². The van der Waals surface area contributed by atoms with Crippen molar-refractivity contribution < 1.29 is 37.9 Å². The van der Waals surface area contributed by atoms with Crippen LogP contribution in [0.25, 0.3) is 0 Å². The summed E-state index contributed by atoms with van der Waals surface area (Å²) in [4.78, 5) is 0. The van der Waals surface area contributed by atoms with Crippen molar-refractivity contribution in [1.29, 1.82) is 0 Å². The maximum atomic E-state index is 6.27. The summed E-state index contributed by atoms with van der Waals surface area (Å²) in [6.45, 7) is 8.08. The van der Waals surface area contributed by atoms with Gasteiger partial charge in [-0.2, -0.15) is 0 Å². The highest BCUT2D eigenvalue weighted by Gasteiger charge is 2.57. The first-order valence-corrected chi connectivity index (χ1v) is 17.8. The van der Waals surface area contributed by atoms with Crippen LogP contribution in [0.5, 0.6) is 5.75 Å². The van der Waals surface area contributed by atoms with Gasteiger partial charge in [0, 0.05) is 20.8 Å². The molecule has 2 fully saturated rings. The molecule has 0 heterocycles. The minimum Gasteiger partial charge on any atom is -0.468 e. The van der Waals surface area contributed by atoms with Crippen LogP contribution in [0.3, 0.4) is 0 Å². The minimum absolute atomic E-state index is 0.223. The fourth-order valence-electron chi connectivity index (χ4n) is 8.68. The quantitative estimate of drug-likeness (QED) is 0.0977. The van der Waals surface area contributed by atoms with Crippen LogP contribution in [0.2, 0.25) is 0 Å². The molecule has 0 bridgehead atoms. The Balaban J connectivity index is 1.01. The summed E-state index contributed by atoms with van der Waals surface area (Å²) in [7, 11) is 3.39. The predicted molar refractivity (Wildman–Crippen MR) is 182 cm³/mol. The van der Waals surface area contributed by atoms with Crippen LogP contribution in [-0.4, -0.2) is 80.2 Å². The number of ether oxygens (including phenoxy) is 8. The molecule has 6 unspecified atom stereocenters. The van der Waals surface area contributed by atoms with Crippen LogP contribution < -0.4 is 4.74 Å². The van der Waals surface area contributed by atoms with Gasteiger partial charge in [-0.15, -0.1) is 0 Å². The Morgan fingerprint density at radius 1 is 0.745 bits per heavy atom. The number of fused-ring (bicyclic) bond motifs is 5. The first-order chi connectivity index (χ1) is 23.1. The molecule has 0 spiro atoms. The van der Waals surface area contributed by atoms with Gasteiger partial charge < -0.3 is 37.9 Å². The normalized spacial score (nSPS) is 26.5. The Bertz CT molecular complexity index is 1160. The zero-order valence-corrected chi connectivity index (χ0v) is 29.0. The standard InChI is InChI=1S/C39H58O8/c1-39-17-16-35-34-13-12-33(46-28-40-2)26-32(34)25-31(38(35)36(39)14-15-37(39)47-29-41-3)11-7-8-18-42-19-20-43-21-22-44-23-24-45-27-30-9-5-4-6-10-30/h4-6,9-10,12-13,26,31,35-38H,7-8,11,14-25,27-29H2,1-3H3. The number of benzene rings is 2. The topological polar surface area (TPSA) is 73.8 Å². The molecule has 0 radical (unpaired) electrons. The van der Waals surface area contributed by atoms with E-state index in [-0.39, 0.29) is 12.2 Å². The second-order valence-electron chi connectivity index (χ2n) is 13.7. The van der Waals surface area contributed by atoms with Crippen LogP contribution in [-0.2, 0) is 46.2 Å². The van der Waals surface area contributed by atoms with Crippen LogP contribution in [0, 0.1) is 23.2 Å². The van der Waals surface area contributed by atoms with E-state index in [1.807, 2.05) is 18.2 Å². The summed E-state index contributed by atoms with van der Waals surface area (Å²) in [6, 6.07) is 16.9. The largest absolute Gasteiger partial charge is 0.468 e. The number of rotatable bonds is 22. The van der Waals surface area contributed by atoms with Crippen molar-refractivity contribution in [3.63, 3.8) is 0 Å². The smallest absolute Gasteiger partial charge is 0.188 e. The van der Waals surface area contributed by atoms with Crippen molar-refractivity contribution >= 4 is 0 Å². The van der Waals surface area contributed by atoms with Gasteiger partial charge in [-0.25, -0.2) is 0 Å². The molecule has 2 aromatic rings. The molecule has 47 heavy (non-hydrogen) atoms. The number of hydrogen-bond donors (Lipinski definition) is 0. The summed E-state index contributed by atoms with van der Waals surface area (Å²) < 4.78 is 45.5. The van der Waals surface area contributed by atoms with Gasteiger partial charge in [0.25, 0.3) is 0 Å². The predicted octanol–water partition coefficient (Wildman–Crippen LogP) is 7.18. The fourth-order valence-corrected chi connectivity index (χ4v) is 8.68. The van der Waals surface area contributed by atoms with E-state index in [1.165, 1.54) is 43.2 Å². The molecule has 2 saturated carbocycles. The lowest BCUT2D eigenvalue weighted by atomic mass is 9.52. The molecule has 8 nitrogen and oxygen atoms in total. The minimum atomic E-state index is 0.223. The van der Waals surface area contributed by atoms with E-state index in [1.54, 1.807) is 19.8 Å². The summed E-state index contributed by atoms with van der Waals surface area (Å²) in [5, 5.41) is 0. The van der Waals surface area contributed by atoms with Gasteiger partial charge in [-0.3, -0.25) is 0 Å². The van der Waals surface area contributed by atoms with Crippen molar-refractivity contribution in [2.24, 2.45) is 23.2 Å². The molecule has 0 amide bonds. The Labute approximate surface area is 282 Å². The molecular formula is C39H58O8. The maximum Gasteiger partial charge on any atom is 0.188 e. The van der Waals surface area contributed by atoms with Gasteiger partial charge in [-0.05, 0) is 103 Å². The van der Waals surface area contributed by atoms with E-state index in [9.17, 15) is 0 Å². The Morgan fingerprint density at radius 3 is 2.21 bits per heavy atom. The maximum absolute atomic E-state index is 6.27. The second kappa shape index (κ2) is 19.2. The Morgan fingerprint density at radius 2 is 1.47 bits per heavy atom. The third kappa shape index (κ3) is 10.0. The summed E-state index contributed by atoms with van der Waals surface area (Å²) >= 11 is 0. The summed E-state index contributed by atoms with van der Waals surface area (Å²) in [5.41, 5.74) is 4.41. The SMILES string of the molecule is COCOc1ccc2c(c1)CC(CCCCOCCOCCOCCOCc1ccccc1)C1C2CCC2(C)C(OCOC)CCC12. The zero-order valence-electron chi connectivity index (χ0n) is 29.0. The Kier molecular flexibility index (Phi) is 14.8. The van der Waals surface area contributed by atoms with Gasteiger partial charge >= 0.3 is 0 Å². The molecule has 8 heteroatoms.